The van der Waals surface area contributed by atoms with Crippen molar-refractivity contribution in [3.8, 4) is 0 Å². The average Bonchev–Trinajstić information content (AvgIpc) is 2.93. The molecule has 1 amide bonds. The third kappa shape index (κ3) is 4.77. The molecule has 2 saturated heterocycles. The van der Waals surface area contributed by atoms with Crippen molar-refractivity contribution in [1.82, 2.24) is 4.90 Å². The second-order valence-electron chi connectivity index (χ2n) is 8.80. The summed E-state index contributed by atoms with van der Waals surface area (Å²) in [5, 5.41) is 0. The Morgan fingerprint density at radius 1 is 1.20 bits per heavy atom. The Kier molecular flexibility index (Phi) is 5.62. The van der Waals surface area contributed by atoms with Gasteiger partial charge in [-0.15, -0.1) is 0 Å². The Balaban J connectivity index is 2.06. The zero-order chi connectivity index (χ0) is 19.0. The Hall–Kier alpha value is -1.05. The summed E-state index contributed by atoms with van der Waals surface area (Å²) in [6.45, 7) is 14.2. The highest BCUT2D eigenvalue weighted by Gasteiger charge is 2.50. The molecular formula is C18H32BNO5. The van der Waals surface area contributed by atoms with Gasteiger partial charge in [0.2, 0.25) is 0 Å². The van der Waals surface area contributed by atoms with Crippen molar-refractivity contribution >= 4 is 13.2 Å². The summed E-state index contributed by atoms with van der Waals surface area (Å²) in [5.74, 6) is 1.89. The van der Waals surface area contributed by atoms with Crippen molar-refractivity contribution in [2.75, 3.05) is 13.7 Å². The van der Waals surface area contributed by atoms with Crippen molar-refractivity contribution in [3.05, 3.63) is 12.1 Å². The second-order valence-corrected chi connectivity index (χ2v) is 8.80. The SMILES string of the molecule is CO[C@@H]1CC(/C=C/B2OC(C)(C)C(C)(C)O2)N(C(=O)OC(C)(C)C)C1. The molecule has 1 unspecified atom stereocenters. The third-order valence-electron chi connectivity index (χ3n) is 5.03. The van der Waals surface area contributed by atoms with Gasteiger partial charge < -0.3 is 18.8 Å². The van der Waals surface area contributed by atoms with Crippen molar-refractivity contribution in [1.29, 1.82) is 0 Å². The van der Waals surface area contributed by atoms with E-state index in [0.717, 1.165) is 6.42 Å². The first-order valence-electron chi connectivity index (χ1n) is 8.91. The van der Waals surface area contributed by atoms with Gasteiger partial charge in [0.05, 0.1) is 29.9 Å². The van der Waals surface area contributed by atoms with Crippen LogP contribution in [0.25, 0.3) is 0 Å². The largest absolute Gasteiger partial charge is 0.486 e. The van der Waals surface area contributed by atoms with Gasteiger partial charge in [-0.3, -0.25) is 4.90 Å². The molecule has 0 aromatic rings. The monoisotopic (exact) mass is 353 g/mol. The molecule has 2 fully saturated rings. The van der Waals surface area contributed by atoms with Crippen molar-refractivity contribution < 1.29 is 23.6 Å². The molecule has 0 saturated carbocycles. The third-order valence-corrected chi connectivity index (χ3v) is 5.03. The molecule has 2 atom stereocenters. The molecule has 142 valence electrons. The highest BCUT2D eigenvalue weighted by molar-refractivity contribution is 6.51. The number of amides is 1. The summed E-state index contributed by atoms with van der Waals surface area (Å²) < 4.78 is 22.9. The number of hydrogen-bond donors (Lipinski definition) is 0. The summed E-state index contributed by atoms with van der Waals surface area (Å²) >= 11 is 0. The van der Waals surface area contributed by atoms with Crippen LogP contribution >= 0.6 is 0 Å². The molecule has 0 spiro atoms. The van der Waals surface area contributed by atoms with Crippen LogP contribution < -0.4 is 0 Å². The van der Waals surface area contributed by atoms with Crippen LogP contribution in [-0.2, 0) is 18.8 Å². The molecule has 2 aliphatic heterocycles. The fourth-order valence-electron chi connectivity index (χ4n) is 2.90. The molecule has 0 aromatic heterocycles. The highest BCUT2D eigenvalue weighted by atomic mass is 16.7. The van der Waals surface area contributed by atoms with Gasteiger partial charge >= 0.3 is 13.2 Å². The van der Waals surface area contributed by atoms with Gasteiger partial charge in [-0.2, -0.15) is 0 Å². The normalized spacial score (nSPS) is 28.8. The predicted molar refractivity (Wildman–Crippen MR) is 97.4 cm³/mol. The number of carbonyl (C=O) groups excluding carboxylic acids is 1. The van der Waals surface area contributed by atoms with E-state index in [1.165, 1.54) is 0 Å². The molecule has 7 heteroatoms. The van der Waals surface area contributed by atoms with Gasteiger partial charge in [-0.05, 0) is 54.9 Å². The van der Waals surface area contributed by atoms with Crippen LogP contribution in [0.15, 0.2) is 12.1 Å². The number of methoxy groups -OCH3 is 1. The van der Waals surface area contributed by atoms with Gasteiger partial charge in [-0.1, -0.05) is 12.1 Å². The minimum atomic E-state index is -0.526. The Morgan fingerprint density at radius 2 is 1.76 bits per heavy atom. The maximum atomic E-state index is 12.5. The van der Waals surface area contributed by atoms with E-state index < -0.39 is 12.7 Å². The lowest BCUT2D eigenvalue weighted by molar-refractivity contribution is 0.00578. The van der Waals surface area contributed by atoms with E-state index in [2.05, 4.69) is 0 Å². The zero-order valence-corrected chi connectivity index (χ0v) is 16.8. The number of ether oxygens (including phenoxy) is 2. The van der Waals surface area contributed by atoms with E-state index in [9.17, 15) is 4.79 Å². The van der Waals surface area contributed by atoms with E-state index in [-0.39, 0.29) is 29.4 Å². The topological polar surface area (TPSA) is 57.2 Å². The molecule has 0 radical (unpaired) electrons. The van der Waals surface area contributed by atoms with Crippen LogP contribution in [0.3, 0.4) is 0 Å². The number of rotatable bonds is 3. The second kappa shape index (κ2) is 6.93. The van der Waals surface area contributed by atoms with Crippen LogP contribution in [0, 0.1) is 0 Å². The lowest BCUT2D eigenvalue weighted by Gasteiger charge is -2.32. The van der Waals surface area contributed by atoms with Crippen LogP contribution in [0.2, 0.25) is 0 Å². The van der Waals surface area contributed by atoms with Gasteiger partial charge in [-0.25, -0.2) is 4.79 Å². The maximum absolute atomic E-state index is 12.5. The average molecular weight is 353 g/mol. The van der Waals surface area contributed by atoms with Gasteiger partial charge in [0.25, 0.3) is 0 Å². The summed E-state index contributed by atoms with van der Waals surface area (Å²) in [7, 11) is 1.24. The Bertz CT molecular complexity index is 510. The predicted octanol–water partition coefficient (Wildman–Crippen LogP) is 3.20. The van der Waals surface area contributed by atoms with Crippen LogP contribution in [0.1, 0.15) is 54.9 Å². The fourth-order valence-corrected chi connectivity index (χ4v) is 2.90. The highest BCUT2D eigenvalue weighted by Crippen LogP contribution is 2.37. The number of carbonyl (C=O) groups is 1. The van der Waals surface area contributed by atoms with Crippen LogP contribution in [0.5, 0.6) is 0 Å². The first-order chi connectivity index (χ1) is 11.3. The molecule has 0 N–H and O–H groups in total. The maximum Gasteiger partial charge on any atom is 0.486 e. The first kappa shape index (κ1) is 20.3. The zero-order valence-electron chi connectivity index (χ0n) is 16.8. The Morgan fingerprint density at radius 3 is 2.24 bits per heavy atom. The molecule has 2 heterocycles. The van der Waals surface area contributed by atoms with Crippen molar-refractivity contribution in [3.63, 3.8) is 0 Å². The molecular weight excluding hydrogens is 321 g/mol. The number of hydrogen-bond acceptors (Lipinski definition) is 5. The molecule has 0 aliphatic carbocycles. The minimum absolute atomic E-state index is 0.000431. The molecule has 25 heavy (non-hydrogen) atoms. The van der Waals surface area contributed by atoms with E-state index in [0.29, 0.717) is 6.54 Å². The number of likely N-dealkylation sites (tertiary alicyclic amines) is 1. The first-order valence-corrected chi connectivity index (χ1v) is 8.91. The minimum Gasteiger partial charge on any atom is -0.444 e. The molecule has 2 rings (SSSR count). The van der Waals surface area contributed by atoms with Gasteiger partial charge in [0.15, 0.2) is 0 Å². The van der Waals surface area contributed by atoms with Gasteiger partial charge in [0, 0.05) is 7.11 Å². The van der Waals surface area contributed by atoms with Crippen LogP contribution in [-0.4, -0.2) is 60.7 Å². The van der Waals surface area contributed by atoms with Crippen molar-refractivity contribution in [2.24, 2.45) is 0 Å². The lowest BCUT2D eigenvalue weighted by atomic mass is 9.89. The number of nitrogens with zero attached hydrogens (tertiary/aromatic N) is 1. The summed E-state index contributed by atoms with van der Waals surface area (Å²) in [6.07, 6.45) is 2.37. The molecule has 0 bridgehead atoms. The van der Waals surface area contributed by atoms with E-state index >= 15 is 0 Å². The van der Waals surface area contributed by atoms with E-state index in [1.54, 1.807) is 12.0 Å². The summed E-state index contributed by atoms with van der Waals surface area (Å²) in [5.41, 5.74) is -1.28. The van der Waals surface area contributed by atoms with Gasteiger partial charge in [0.1, 0.15) is 5.60 Å². The fraction of sp³-hybridized carbons (Fsp3) is 0.833. The van der Waals surface area contributed by atoms with E-state index in [4.69, 9.17) is 18.8 Å². The summed E-state index contributed by atoms with van der Waals surface area (Å²) in [4.78, 5) is 14.2. The molecule has 2 aliphatic rings. The van der Waals surface area contributed by atoms with E-state index in [1.807, 2.05) is 60.5 Å². The van der Waals surface area contributed by atoms with Crippen LogP contribution in [0.4, 0.5) is 4.79 Å². The molecule has 6 nitrogen and oxygen atoms in total. The lowest BCUT2D eigenvalue weighted by Crippen LogP contribution is -2.41. The standard InChI is InChI=1S/C18H32BNO5/c1-16(2,3)23-15(21)20-12-14(22-8)11-13(20)9-10-19-24-17(4,5)18(6,7)25-19/h9-10,13-14H,11-12H2,1-8H3/b10-9+/t13?,14-/m1/s1. The molecule has 0 aromatic carbocycles. The summed E-state index contributed by atoms with van der Waals surface area (Å²) in [6, 6.07) is -0.0983. The Labute approximate surface area is 152 Å². The van der Waals surface area contributed by atoms with Crippen molar-refractivity contribution in [2.45, 2.75) is 83.8 Å². The smallest absolute Gasteiger partial charge is 0.444 e. The quantitative estimate of drug-likeness (QED) is 0.730.